The number of carbonyl (C=O) groups excluding carboxylic acids is 1. The van der Waals surface area contributed by atoms with Crippen molar-refractivity contribution in [2.75, 3.05) is 13.2 Å². The summed E-state index contributed by atoms with van der Waals surface area (Å²) in [5, 5.41) is 9.49. The number of hydrogen-bond donors (Lipinski definition) is 1. The van der Waals surface area contributed by atoms with Crippen molar-refractivity contribution in [1.29, 1.82) is 0 Å². The van der Waals surface area contributed by atoms with Crippen molar-refractivity contribution in [3.05, 3.63) is 28.0 Å². The van der Waals surface area contributed by atoms with Gasteiger partial charge in [0, 0.05) is 18.8 Å². The number of carbonyl (C=O) groups is 1. The monoisotopic (exact) mass is 288 g/mol. The van der Waals surface area contributed by atoms with Gasteiger partial charge in [0.05, 0.1) is 17.2 Å². The van der Waals surface area contributed by atoms with E-state index in [-0.39, 0.29) is 28.7 Å². The molecule has 98 valence electrons. The lowest BCUT2D eigenvalue weighted by atomic mass is 9.91. The Bertz CT molecular complexity index is 450. The molecule has 0 radical (unpaired) electrons. The van der Waals surface area contributed by atoms with E-state index in [1.165, 1.54) is 12.3 Å². The van der Waals surface area contributed by atoms with Gasteiger partial charge in [-0.25, -0.2) is 4.98 Å². The zero-order chi connectivity index (χ0) is 13.1. The Balaban J connectivity index is 2.18. The second kappa shape index (κ2) is 5.87. The standard InChI is InChI=1S/C12H14Cl2N2O2/c13-10-6-8(7-15-11(10)14)12(18)16(4-5-17)9-2-1-3-9/h6-7,9,17H,1-5H2. The lowest BCUT2D eigenvalue weighted by molar-refractivity contribution is 0.0525. The largest absolute Gasteiger partial charge is 0.395 e. The van der Waals surface area contributed by atoms with Crippen LogP contribution in [-0.4, -0.2) is 40.1 Å². The second-order valence-corrected chi connectivity index (χ2v) is 5.07. The molecule has 0 spiro atoms. The first-order chi connectivity index (χ1) is 8.63. The van der Waals surface area contributed by atoms with Gasteiger partial charge in [-0.05, 0) is 25.3 Å². The van der Waals surface area contributed by atoms with Gasteiger partial charge in [0.25, 0.3) is 5.91 Å². The highest BCUT2D eigenvalue weighted by atomic mass is 35.5. The number of rotatable bonds is 4. The minimum absolute atomic E-state index is 0.0447. The first-order valence-electron chi connectivity index (χ1n) is 5.86. The summed E-state index contributed by atoms with van der Waals surface area (Å²) in [6.45, 7) is 0.292. The Morgan fingerprint density at radius 1 is 1.50 bits per heavy atom. The van der Waals surface area contributed by atoms with Crippen molar-refractivity contribution < 1.29 is 9.90 Å². The fourth-order valence-electron chi connectivity index (χ4n) is 1.96. The molecule has 0 aromatic carbocycles. The van der Waals surface area contributed by atoms with Gasteiger partial charge >= 0.3 is 0 Å². The lowest BCUT2D eigenvalue weighted by Gasteiger charge is -2.37. The number of aliphatic hydroxyl groups excluding tert-OH is 1. The summed E-state index contributed by atoms with van der Waals surface area (Å²) in [6.07, 6.45) is 4.51. The Kier molecular flexibility index (Phi) is 4.43. The van der Waals surface area contributed by atoms with Crippen LogP contribution in [0, 0.1) is 0 Å². The Labute approximate surface area is 116 Å². The van der Waals surface area contributed by atoms with Crippen molar-refractivity contribution in [3.8, 4) is 0 Å². The molecule has 1 saturated carbocycles. The molecule has 0 bridgehead atoms. The molecule has 2 rings (SSSR count). The van der Waals surface area contributed by atoms with Gasteiger partial charge in [-0.1, -0.05) is 23.2 Å². The van der Waals surface area contributed by atoms with Gasteiger partial charge in [0.1, 0.15) is 5.15 Å². The van der Waals surface area contributed by atoms with E-state index in [0.29, 0.717) is 12.1 Å². The van der Waals surface area contributed by atoms with E-state index in [2.05, 4.69) is 4.98 Å². The highest BCUT2D eigenvalue weighted by Crippen LogP contribution is 2.27. The van der Waals surface area contributed by atoms with Gasteiger partial charge in [-0.2, -0.15) is 0 Å². The Hall–Kier alpha value is -0.840. The summed E-state index contributed by atoms with van der Waals surface area (Å²) in [7, 11) is 0. The van der Waals surface area contributed by atoms with E-state index in [4.69, 9.17) is 28.3 Å². The van der Waals surface area contributed by atoms with Crippen LogP contribution in [-0.2, 0) is 0 Å². The molecule has 4 nitrogen and oxygen atoms in total. The number of nitrogens with zero attached hydrogens (tertiary/aromatic N) is 2. The van der Waals surface area contributed by atoms with E-state index in [0.717, 1.165) is 19.3 Å². The maximum atomic E-state index is 12.3. The fourth-order valence-corrected chi connectivity index (χ4v) is 2.23. The normalized spacial score (nSPS) is 15.3. The van der Waals surface area contributed by atoms with Crippen LogP contribution in [0.1, 0.15) is 29.6 Å². The van der Waals surface area contributed by atoms with Crippen LogP contribution in [0.4, 0.5) is 0 Å². The topological polar surface area (TPSA) is 53.4 Å². The van der Waals surface area contributed by atoms with Crippen LogP contribution < -0.4 is 0 Å². The van der Waals surface area contributed by atoms with Gasteiger partial charge in [-0.15, -0.1) is 0 Å². The summed E-state index contributed by atoms with van der Waals surface area (Å²) in [5.74, 6) is -0.153. The second-order valence-electron chi connectivity index (χ2n) is 4.30. The number of aliphatic hydroxyl groups is 1. The summed E-state index contributed by atoms with van der Waals surface area (Å²) >= 11 is 11.6. The molecule has 0 atom stereocenters. The predicted molar refractivity (Wildman–Crippen MR) is 70.0 cm³/mol. The molecule has 1 aliphatic rings. The SMILES string of the molecule is O=C(c1cnc(Cl)c(Cl)c1)N(CCO)C1CCC1. The average molecular weight is 289 g/mol. The molecular formula is C12H14Cl2N2O2. The maximum Gasteiger partial charge on any atom is 0.255 e. The summed E-state index contributed by atoms with van der Waals surface area (Å²) in [5.41, 5.74) is 0.407. The molecule has 0 unspecified atom stereocenters. The quantitative estimate of drug-likeness (QED) is 0.866. The van der Waals surface area contributed by atoms with Crippen molar-refractivity contribution in [2.24, 2.45) is 0 Å². The molecule has 1 N–H and O–H groups in total. The van der Waals surface area contributed by atoms with Gasteiger partial charge < -0.3 is 10.0 Å². The van der Waals surface area contributed by atoms with Crippen LogP contribution in [0.3, 0.4) is 0 Å². The summed E-state index contributed by atoms with van der Waals surface area (Å²) in [6, 6.07) is 1.74. The van der Waals surface area contributed by atoms with E-state index in [9.17, 15) is 4.79 Å². The maximum absolute atomic E-state index is 12.3. The molecule has 1 fully saturated rings. The fraction of sp³-hybridized carbons (Fsp3) is 0.500. The lowest BCUT2D eigenvalue weighted by Crippen LogP contribution is -2.45. The van der Waals surface area contributed by atoms with Crippen LogP contribution in [0.15, 0.2) is 12.3 Å². The predicted octanol–water partition coefficient (Wildman–Crippen LogP) is 2.38. The van der Waals surface area contributed by atoms with Crippen molar-refractivity contribution in [2.45, 2.75) is 25.3 Å². The summed E-state index contributed by atoms with van der Waals surface area (Å²) < 4.78 is 0. The zero-order valence-electron chi connectivity index (χ0n) is 9.77. The highest BCUT2D eigenvalue weighted by molar-refractivity contribution is 6.41. The molecule has 1 heterocycles. The minimum Gasteiger partial charge on any atom is -0.395 e. The van der Waals surface area contributed by atoms with Gasteiger partial charge in [0.15, 0.2) is 0 Å². The Morgan fingerprint density at radius 2 is 2.22 bits per heavy atom. The number of pyridine rings is 1. The molecule has 1 aliphatic carbocycles. The highest BCUT2D eigenvalue weighted by Gasteiger charge is 2.29. The van der Waals surface area contributed by atoms with Crippen LogP contribution >= 0.6 is 23.2 Å². The van der Waals surface area contributed by atoms with Crippen molar-refractivity contribution in [3.63, 3.8) is 0 Å². The number of aromatic nitrogens is 1. The van der Waals surface area contributed by atoms with Crippen molar-refractivity contribution >= 4 is 29.1 Å². The number of amides is 1. The van der Waals surface area contributed by atoms with Crippen LogP contribution in [0.2, 0.25) is 10.2 Å². The van der Waals surface area contributed by atoms with Gasteiger partial charge in [0.2, 0.25) is 0 Å². The van der Waals surface area contributed by atoms with E-state index >= 15 is 0 Å². The number of hydrogen-bond acceptors (Lipinski definition) is 3. The van der Waals surface area contributed by atoms with Gasteiger partial charge in [-0.3, -0.25) is 4.79 Å². The molecule has 18 heavy (non-hydrogen) atoms. The molecule has 1 amide bonds. The molecule has 0 saturated heterocycles. The smallest absolute Gasteiger partial charge is 0.255 e. The molecule has 6 heteroatoms. The molecule has 0 aliphatic heterocycles. The van der Waals surface area contributed by atoms with Crippen LogP contribution in [0.25, 0.3) is 0 Å². The Morgan fingerprint density at radius 3 is 2.72 bits per heavy atom. The summed E-state index contributed by atoms with van der Waals surface area (Å²) in [4.78, 5) is 17.9. The van der Waals surface area contributed by atoms with Crippen molar-refractivity contribution in [1.82, 2.24) is 9.88 Å². The minimum atomic E-state index is -0.153. The van der Waals surface area contributed by atoms with E-state index in [1.807, 2.05) is 0 Å². The molecule has 1 aromatic rings. The van der Waals surface area contributed by atoms with Crippen LogP contribution in [0.5, 0.6) is 0 Å². The first-order valence-corrected chi connectivity index (χ1v) is 6.62. The average Bonchev–Trinajstić information content (AvgIpc) is 2.29. The third-order valence-corrected chi connectivity index (χ3v) is 3.85. The molecular weight excluding hydrogens is 275 g/mol. The van der Waals surface area contributed by atoms with E-state index in [1.54, 1.807) is 4.90 Å². The third kappa shape index (κ3) is 2.76. The third-order valence-electron chi connectivity index (χ3n) is 3.16. The first kappa shape index (κ1) is 13.6. The number of halogens is 2. The molecule has 1 aromatic heterocycles. The zero-order valence-corrected chi connectivity index (χ0v) is 11.3. The van der Waals surface area contributed by atoms with E-state index < -0.39 is 0 Å².